The van der Waals surface area contributed by atoms with Gasteiger partial charge in [-0.1, -0.05) is 0 Å². The molecule has 1 aromatic carbocycles. The molecule has 4 heterocycles. The second-order valence-corrected chi connectivity index (χ2v) is 10.7. The fourth-order valence-corrected chi connectivity index (χ4v) is 4.95. The van der Waals surface area contributed by atoms with Crippen LogP contribution in [0.2, 0.25) is 0 Å². The van der Waals surface area contributed by atoms with Gasteiger partial charge in [-0.15, -0.1) is 0 Å². The summed E-state index contributed by atoms with van der Waals surface area (Å²) in [6.45, 7) is 6.21. The number of benzene rings is 1. The summed E-state index contributed by atoms with van der Waals surface area (Å²) in [6, 6.07) is 13.9. The largest absolute Gasteiger partial charge is 0.354 e. The monoisotopic (exact) mass is 492 g/mol. The highest BCUT2D eigenvalue weighted by Gasteiger charge is 2.21. The summed E-state index contributed by atoms with van der Waals surface area (Å²) in [5, 5.41) is 7.67. The smallest absolute Gasteiger partial charge is 0.229 e. The third-order valence-corrected chi connectivity index (χ3v) is 6.37. The average molecular weight is 493 g/mol. The Bertz CT molecular complexity index is 1420. The van der Waals surface area contributed by atoms with Gasteiger partial charge >= 0.3 is 0 Å². The van der Waals surface area contributed by atoms with Crippen LogP contribution in [0.1, 0.15) is 13.8 Å². The summed E-state index contributed by atoms with van der Waals surface area (Å²) in [4.78, 5) is 16.1. The van der Waals surface area contributed by atoms with Crippen molar-refractivity contribution in [2.75, 3.05) is 34.3 Å². The van der Waals surface area contributed by atoms with Crippen LogP contribution < -0.4 is 20.3 Å². The van der Waals surface area contributed by atoms with E-state index in [4.69, 9.17) is 4.98 Å². The fraction of sp³-hybridized carbons (Fsp3) is 0.292. The number of hydrogen-bond acceptors (Lipinski definition) is 8. The number of hydrogen-bond donors (Lipinski definition) is 3. The molecule has 1 aliphatic heterocycles. The first kappa shape index (κ1) is 23.1. The zero-order valence-electron chi connectivity index (χ0n) is 19.8. The van der Waals surface area contributed by atoms with Gasteiger partial charge in [-0.05, 0) is 56.3 Å². The molecule has 0 saturated carbocycles. The highest BCUT2D eigenvalue weighted by molar-refractivity contribution is 7.92. The summed E-state index contributed by atoms with van der Waals surface area (Å²) in [6.07, 6.45) is 6.60. The van der Waals surface area contributed by atoms with Crippen LogP contribution in [0.4, 0.5) is 23.1 Å². The molecule has 1 fully saturated rings. The molecule has 11 heteroatoms. The third kappa shape index (κ3) is 5.36. The average Bonchev–Trinajstić information content (AvgIpc) is 3.22. The van der Waals surface area contributed by atoms with Crippen molar-refractivity contribution in [3.63, 3.8) is 0 Å². The Morgan fingerprint density at radius 2 is 1.66 bits per heavy atom. The van der Waals surface area contributed by atoms with Crippen LogP contribution in [0.15, 0.2) is 61.1 Å². The van der Waals surface area contributed by atoms with Crippen molar-refractivity contribution in [2.45, 2.75) is 25.9 Å². The van der Waals surface area contributed by atoms with E-state index >= 15 is 0 Å². The molecule has 1 saturated heterocycles. The van der Waals surface area contributed by atoms with E-state index in [-0.39, 0.29) is 0 Å². The topological polar surface area (TPSA) is 117 Å². The van der Waals surface area contributed by atoms with Crippen LogP contribution in [-0.2, 0) is 10.0 Å². The molecule has 4 aromatic rings. The molecule has 2 unspecified atom stereocenters. The summed E-state index contributed by atoms with van der Waals surface area (Å²) in [7, 11) is -3.32. The first-order chi connectivity index (χ1) is 16.7. The molecule has 10 nitrogen and oxygen atoms in total. The molecule has 0 aliphatic carbocycles. The number of anilines is 4. The first-order valence-electron chi connectivity index (χ1n) is 11.4. The van der Waals surface area contributed by atoms with Gasteiger partial charge < -0.3 is 20.1 Å². The van der Waals surface area contributed by atoms with E-state index in [1.165, 1.54) is 0 Å². The number of rotatable bonds is 6. The van der Waals surface area contributed by atoms with E-state index in [0.29, 0.717) is 23.7 Å². The number of sulfonamides is 1. The van der Waals surface area contributed by atoms with Gasteiger partial charge in [0, 0.05) is 54.3 Å². The molecule has 5 rings (SSSR count). The van der Waals surface area contributed by atoms with E-state index in [0.717, 1.165) is 47.6 Å². The van der Waals surface area contributed by atoms with Crippen molar-refractivity contribution in [2.24, 2.45) is 0 Å². The van der Waals surface area contributed by atoms with Gasteiger partial charge in [-0.2, -0.15) is 4.98 Å². The minimum Gasteiger partial charge on any atom is -0.354 e. The van der Waals surface area contributed by atoms with E-state index in [9.17, 15) is 8.42 Å². The molecule has 0 amide bonds. The molecular formula is C24H28N8O2S. The maximum atomic E-state index is 11.5. The molecule has 0 radical (unpaired) electrons. The highest BCUT2D eigenvalue weighted by atomic mass is 32.2. The molecular weight excluding hydrogens is 464 g/mol. The number of aromatic nitrogens is 4. The summed E-state index contributed by atoms with van der Waals surface area (Å²) < 4.78 is 27.3. The molecule has 0 bridgehead atoms. The Morgan fingerprint density at radius 3 is 2.31 bits per heavy atom. The first-order valence-corrected chi connectivity index (χ1v) is 13.3. The van der Waals surface area contributed by atoms with Gasteiger partial charge in [0.1, 0.15) is 11.5 Å². The SMILES string of the molecule is CC1CN(c2ccc(Nc3ncc4ccn(-c5ccc(NS(C)(=O)=O)cc5)c4n3)cn2)CC(C)N1. The molecule has 2 atom stereocenters. The van der Waals surface area contributed by atoms with Gasteiger partial charge in [-0.25, -0.2) is 18.4 Å². The number of piperazine rings is 1. The van der Waals surface area contributed by atoms with Crippen molar-refractivity contribution in [1.82, 2.24) is 24.8 Å². The Hall–Kier alpha value is -3.70. The van der Waals surface area contributed by atoms with Crippen LogP contribution in [0.25, 0.3) is 16.7 Å². The van der Waals surface area contributed by atoms with E-state index in [1.54, 1.807) is 24.5 Å². The van der Waals surface area contributed by atoms with Crippen molar-refractivity contribution >= 4 is 44.2 Å². The zero-order valence-corrected chi connectivity index (χ0v) is 20.6. The van der Waals surface area contributed by atoms with Crippen molar-refractivity contribution < 1.29 is 8.42 Å². The second kappa shape index (κ2) is 9.16. The van der Waals surface area contributed by atoms with E-state index < -0.39 is 10.0 Å². The van der Waals surface area contributed by atoms with Crippen molar-refractivity contribution in [3.8, 4) is 5.69 Å². The fourth-order valence-electron chi connectivity index (χ4n) is 4.38. The third-order valence-electron chi connectivity index (χ3n) is 5.76. The number of nitrogens with one attached hydrogen (secondary N) is 3. The van der Waals surface area contributed by atoms with Gasteiger partial charge in [0.25, 0.3) is 0 Å². The minimum absolute atomic E-state index is 0.418. The Kier molecular flexibility index (Phi) is 6.03. The van der Waals surface area contributed by atoms with Crippen LogP contribution in [0.3, 0.4) is 0 Å². The molecule has 35 heavy (non-hydrogen) atoms. The van der Waals surface area contributed by atoms with Gasteiger partial charge in [0.15, 0.2) is 0 Å². The maximum Gasteiger partial charge on any atom is 0.229 e. The molecule has 1 aliphatic rings. The van der Waals surface area contributed by atoms with E-state index in [2.05, 4.69) is 44.1 Å². The predicted molar refractivity (Wildman–Crippen MR) is 139 cm³/mol. The normalized spacial score (nSPS) is 18.5. The van der Waals surface area contributed by atoms with Crippen LogP contribution in [-0.4, -0.2) is 59.4 Å². The minimum atomic E-state index is -3.32. The van der Waals surface area contributed by atoms with Gasteiger partial charge in [0.05, 0.1) is 18.1 Å². The lowest BCUT2D eigenvalue weighted by Gasteiger charge is -2.36. The second-order valence-electron chi connectivity index (χ2n) is 8.98. The molecule has 3 N–H and O–H groups in total. The maximum absolute atomic E-state index is 11.5. The van der Waals surface area contributed by atoms with Crippen LogP contribution >= 0.6 is 0 Å². The van der Waals surface area contributed by atoms with Crippen molar-refractivity contribution in [3.05, 3.63) is 61.1 Å². The quantitative estimate of drug-likeness (QED) is 0.376. The molecule has 0 spiro atoms. The Labute approximate surface area is 204 Å². The van der Waals surface area contributed by atoms with Crippen LogP contribution in [0, 0.1) is 0 Å². The summed E-state index contributed by atoms with van der Waals surface area (Å²) in [5.41, 5.74) is 2.90. The lowest BCUT2D eigenvalue weighted by Crippen LogP contribution is -2.54. The van der Waals surface area contributed by atoms with Crippen molar-refractivity contribution in [1.29, 1.82) is 0 Å². The van der Waals surface area contributed by atoms with Gasteiger partial charge in [0.2, 0.25) is 16.0 Å². The summed E-state index contributed by atoms with van der Waals surface area (Å²) >= 11 is 0. The zero-order chi connectivity index (χ0) is 24.6. The number of fused-ring (bicyclic) bond motifs is 1. The molecule has 3 aromatic heterocycles. The number of pyridine rings is 1. The Morgan fingerprint density at radius 1 is 0.943 bits per heavy atom. The summed E-state index contributed by atoms with van der Waals surface area (Å²) in [5.74, 6) is 1.42. The Balaban J connectivity index is 1.34. The lowest BCUT2D eigenvalue weighted by atomic mass is 10.1. The standard InChI is InChI=1S/C24H28N8O2S/c1-16-14-31(15-17(2)27-16)22-9-6-20(13-25-22)28-24-26-12-18-10-11-32(23(18)29-24)21-7-4-19(5-8-21)30-35(3,33)34/h4-13,16-17,27,30H,14-15H2,1-3H3,(H,26,28,29). The number of nitrogens with zero attached hydrogens (tertiary/aromatic N) is 5. The highest BCUT2D eigenvalue weighted by Crippen LogP contribution is 2.23. The van der Waals surface area contributed by atoms with E-state index in [1.807, 2.05) is 41.1 Å². The van der Waals surface area contributed by atoms with Gasteiger partial charge in [-0.3, -0.25) is 4.72 Å². The van der Waals surface area contributed by atoms with Crippen LogP contribution in [0.5, 0.6) is 0 Å². The lowest BCUT2D eigenvalue weighted by molar-refractivity contribution is 0.405. The molecule has 182 valence electrons. The predicted octanol–water partition coefficient (Wildman–Crippen LogP) is 3.12.